The molecular formula is C40H43Cl2N3O6S. The van der Waals surface area contributed by atoms with Crippen molar-refractivity contribution in [3.63, 3.8) is 0 Å². The highest BCUT2D eigenvalue weighted by atomic mass is 35.5. The Balaban J connectivity index is 1.05. The zero-order chi connectivity index (χ0) is 36.1. The first-order valence-electron chi connectivity index (χ1n) is 17.8. The van der Waals surface area contributed by atoms with Crippen LogP contribution >= 0.6 is 34.5 Å². The summed E-state index contributed by atoms with van der Waals surface area (Å²) in [4.78, 5) is 35.2. The molecule has 3 aliphatic heterocycles. The van der Waals surface area contributed by atoms with Crippen molar-refractivity contribution in [3.05, 3.63) is 110 Å². The van der Waals surface area contributed by atoms with Crippen molar-refractivity contribution in [2.75, 3.05) is 40.0 Å². The van der Waals surface area contributed by atoms with Gasteiger partial charge in [-0.2, -0.15) is 0 Å². The Kier molecular flexibility index (Phi) is 11.7. The molecule has 2 aromatic heterocycles. The van der Waals surface area contributed by atoms with Gasteiger partial charge in [0.2, 0.25) is 0 Å². The van der Waals surface area contributed by atoms with E-state index in [0.29, 0.717) is 63.2 Å². The van der Waals surface area contributed by atoms with Gasteiger partial charge in [-0.15, -0.1) is 11.3 Å². The van der Waals surface area contributed by atoms with Gasteiger partial charge in [0.05, 0.1) is 30.4 Å². The lowest BCUT2D eigenvalue weighted by atomic mass is 9.73. The number of methoxy groups -OCH3 is 1. The molecule has 2 aromatic carbocycles. The molecule has 1 N–H and O–H groups in total. The Morgan fingerprint density at radius 2 is 1.69 bits per heavy atom. The maximum absolute atomic E-state index is 13.8. The average molecular weight is 765 g/mol. The lowest BCUT2D eigenvalue weighted by Crippen LogP contribution is -2.50. The van der Waals surface area contributed by atoms with Gasteiger partial charge in [0.15, 0.2) is 11.5 Å². The predicted molar refractivity (Wildman–Crippen MR) is 201 cm³/mol. The lowest BCUT2D eigenvalue weighted by Gasteiger charge is -2.48. The molecule has 3 saturated heterocycles. The number of pyridine rings is 1. The highest BCUT2D eigenvalue weighted by molar-refractivity contribution is 7.13. The molecule has 274 valence electrons. The third-order valence-electron chi connectivity index (χ3n) is 10.4. The van der Waals surface area contributed by atoms with Gasteiger partial charge in [-0.1, -0.05) is 59.6 Å². The SMILES string of the molecule is COc1ccc(C(Cc2c(Cl)cncc2Cl)OC(=O)c2ccc(CNC(C(=O)OCC34CCN(CC3)CC4)c3ccccc3)s2)cc1OCC1CC1. The number of halogens is 2. The Morgan fingerprint density at radius 3 is 2.38 bits per heavy atom. The van der Waals surface area contributed by atoms with Crippen LogP contribution < -0.4 is 14.8 Å². The number of ether oxygens (including phenoxy) is 4. The fourth-order valence-corrected chi connectivity index (χ4v) is 8.28. The van der Waals surface area contributed by atoms with Crippen LogP contribution in [0.25, 0.3) is 0 Å². The van der Waals surface area contributed by atoms with E-state index in [1.54, 1.807) is 13.2 Å². The van der Waals surface area contributed by atoms with Crippen molar-refractivity contribution in [2.24, 2.45) is 11.3 Å². The Labute approximate surface area is 318 Å². The molecule has 9 nitrogen and oxygen atoms in total. The Morgan fingerprint density at radius 1 is 0.962 bits per heavy atom. The number of piperidine rings is 3. The van der Waals surface area contributed by atoms with E-state index in [1.165, 1.54) is 23.7 Å². The van der Waals surface area contributed by atoms with Gasteiger partial charge in [0.1, 0.15) is 17.0 Å². The molecule has 4 aromatic rings. The summed E-state index contributed by atoms with van der Waals surface area (Å²) in [5.41, 5.74) is 2.24. The maximum atomic E-state index is 13.8. The van der Waals surface area contributed by atoms with Crippen LogP contribution in [0.2, 0.25) is 10.0 Å². The molecule has 4 aliphatic rings. The van der Waals surface area contributed by atoms with Crippen molar-refractivity contribution < 1.29 is 28.5 Å². The van der Waals surface area contributed by atoms with Gasteiger partial charge in [-0.3, -0.25) is 10.3 Å². The van der Waals surface area contributed by atoms with Crippen LogP contribution in [0.3, 0.4) is 0 Å². The number of benzene rings is 2. The smallest absolute Gasteiger partial charge is 0.348 e. The van der Waals surface area contributed by atoms with Gasteiger partial charge >= 0.3 is 11.9 Å². The molecule has 2 unspecified atom stereocenters. The molecule has 12 heteroatoms. The van der Waals surface area contributed by atoms with Crippen molar-refractivity contribution in [1.29, 1.82) is 0 Å². The summed E-state index contributed by atoms with van der Waals surface area (Å²) in [5, 5.41) is 4.16. The number of hydrogen-bond acceptors (Lipinski definition) is 10. The molecule has 2 bridgehead atoms. The number of fused-ring (bicyclic) bond motifs is 3. The van der Waals surface area contributed by atoms with Crippen LogP contribution in [0.15, 0.2) is 73.1 Å². The summed E-state index contributed by atoms with van der Waals surface area (Å²) in [6.07, 6.45) is 8.02. The van der Waals surface area contributed by atoms with E-state index >= 15 is 0 Å². The zero-order valence-electron chi connectivity index (χ0n) is 29.2. The predicted octanol–water partition coefficient (Wildman–Crippen LogP) is 8.25. The molecule has 8 rings (SSSR count). The summed E-state index contributed by atoms with van der Waals surface area (Å²) in [5.74, 6) is 0.945. The van der Waals surface area contributed by atoms with E-state index in [-0.39, 0.29) is 17.8 Å². The van der Waals surface area contributed by atoms with Gasteiger partial charge < -0.3 is 23.8 Å². The number of carbonyl (C=O) groups is 2. The van der Waals surface area contributed by atoms with E-state index < -0.39 is 18.1 Å². The summed E-state index contributed by atoms with van der Waals surface area (Å²) in [7, 11) is 1.60. The molecule has 5 heterocycles. The van der Waals surface area contributed by atoms with E-state index in [2.05, 4.69) is 15.2 Å². The zero-order valence-corrected chi connectivity index (χ0v) is 31.5. The fraction of sp³-hybridized carbons (Fsp3) is 0.425. The average Bonchev–Trinajstić information content (AvgIpc) is 3.89. The van der Waals surface area contributed by atoms with Crippen LogP contribution in [0, 0.1) is 11.3 Å². The summed E-state index contributed by atoms with van der Waals surface area (Å²) >= 11 is 14.3. The quantitative estimate of drug-likeness (QED) is 0.113. The summed E-state index contributed by atoms with van der Waals surface area (Å²) < 4.78 is 23.9. The molecule has 0 spiro atoms. The molecule has 2 atom stereocenters. The van der Waals surface area contributed by atoms with Gasteiger partial charge in [0, 0.05) is 35.7 Å². The normalized spacial score (nSPS) is 20.6. The number of nitrogens with zero attached hydrogens (tertiary/aromatic N) is 2. The second-order valence-electron chi connectivity index (χ2n) is 14.0. The van der Waals surface area contributed by atoms with E-state index in [0.717, 1.165) is 62.2 Å². The van der Waals surface area contributed by atoms with Crippen LogP contribution in [-0.2, 0) is 27.2 Å². The monoisotopic (exact) mass is 763 g/mol. The van der Waals surface area contributed by atoms with Crippen molar-refractivity contribution in [1.82, 2.24) is 15.2 Å². The minimum absolute atomic E-state index is 0.0810. The maximum Gasteiger partial charge on any atom is 0.348 e. The minimum atomic E-state index is -0.740. The number of thiophene rings is 1. The van der Waals surface area contributed by atoms with Crippen LogP contribution in [0.1, 0.15) is 75.5 Å². The van der Waals surface area contributed by atoms with Crippen LogP contribution in [0.4, 0.5) is 0 Å². The standard InChI is InChI=1S/C40H43Cl2N3O6S/c1-48-33-11-9-28(19-35(33)49-24-26-7-8-26)34(20-30-31(41)22-43-23-32(30)42)51-38(46)36-12-10-29(52-36)21-44-37(27-5-3-2-4-6-27)39(47)50-25-40-13-16-45(17-14-40)18-15-40/h2-6,9-12,19,22-23,26,34,37,44H,7-8,13-18,20-21,24-25H2,1H3. The van der Waals surface area contributed by atoms with Crippen molar-refractivity contribution in [3.8, 4) is 11.5 Å². The van der Waals surface area contributed by atoms with Gasteiger partial charge in [-0.05, 0) is 98.6 Å². The number of carbonyl (C=O) groups excluding carboxylic acids is 2. The van der Waals surface area contributed by atoms with Crippen LogP contribution in [0.5, 0.6) is 11.5 Å². The number of esters is 2. The first-order valence-corrected chi connectivity index (χ1v) is 19.4. The first-order chi connectivity index (χ1) is 25.3. The topological polar surface area (TPSA) is 99.2 Å². The Bertz CT molecular complexity index is 1830. The van der Waals surface area contributed by atoms with Crippen molar-refractivity contribution >= 4 is 46.5 Å². The van der Waals surface area contributed by atoms with E-state index in [9.17, 15) is 9.59 Å². The number of hydrogen-bond donors (Lipinski definition) is 1. The molecule has 0 radical (unpaired) electrons. The largest absolute Gasteiger partial charge is 0.493 e. The van der Waals surface area contributed by atoms with E-state index in [1.807, 2.05) is 54.6 Å². The van der Waals surface area contributed by atoms with Gasteiger partial charge in [0.25, 0.3) is 0 Å². The van der Waals surface area contributed by atoms with Gasteiger partial charge in [-0.25, -0.2) is 9.59 Å². The number of rotatable bonds is 16. The second kappa shape index (κ2) is 16.6. The molecular weight excluding hydrogens is 721 g/mol. The molecule has 1 aliphatic carbocycles. The fourth-order valence-electron chi connectivity index (χ4n) is 6.92. The third kappa shape index (κ3) is 8.92. The number of aromatic nitrogens is 1. The lowest BCUT2D eigenvalue weighted by molar-refractivity contribution is -0.153. The number of nitrogens with one attached hydrogen (secondary N) is 1. The molecule has 0 amide bonds. The third-order valence-corrected chi connectivity index (χ3v) is 12.1. The summed E-state index contributed by atoms with van der Waals surface area (Å²) in [6.45, 7) is 4.62. The van der Waals surface area contributed by atoms with Crippen LogP contribution in [-0.4, -0.2) is 61.8 Å². The summed E-state index contributed by atoms with van der Waals surface area (Å²) in [6, 6.07) is 18.1. The molecule has 52 heavy (non-hydrogen) atoms. The highest BCUT2D eigenvalue weighted by Gasteiger charge is 2.41. The minimum Gasteiger partial charge on any atom is -0.493 e. The molecule has 1 saturated carbocycles. The Hall–Kier alpha value is -3.67. The first kappa shape index (κ1) is 36.7. The highest BCUT2D eigenvalue weighted by Crippen LogP contribution is 2.41. The van der Waals surface area contributed by atoms with E-state index in [4.69, 9.17) is 42.1 Å². The van der Waals surface area contributed by atoms with Crippen molar-refractivity contribution in [2.45, 2.75) is 57.2 Å². The second-order valence-corrected chi connectivity index (χ2v) is 16.0. The molecule has 4 fully saturated rings.